The highest BCUT2D eigenvalue weighted by Crippen LogP contribution is 2.47. The molecule has 0 aromatic carbocycles. The Morgan fingerprint density at radius 2 is 2.07 bits per heavy atom. The molecule has 0 aliphatic heterocycles. The van der Waals surface area contributed by atoms with Crippen molar-refractivity contribution in [3.05, 3.63) is 36.5 Å². The lowest BCUT2D eigenvalue weighted by atomic mass is 9.87. The van der Waals surface area contributed by atoms with Gasteiger partial charge in [0.1, 0.15) is 5.82 Å². The van der Waals surface area contributed by atoms with Crippen LogP contribution in [0.5, 0.6) is 0 Å². The van der Waals surface area contributed by atoms with Crippen molar-refractivity contribution in [2.24, 2.45) is 0 Å². The number of rotatable bonds is 6. The number of fused-ring (bicyclic) bond motifs is 2. The number of pyridine rings is 1. The molecule has 1 aliphatic rings. The lowest BCUT2D eigenvalue weighted by Crippen LogP contribution is -2.37. The van der Waals surface area contributed by atoms with E-state index in [0.717, 1.165) is 22.2 Å². The minimum atomic E-state index is -2.59. The van der Waals surface area contributed by atoms with Gasteiger partial charge in [0.25, 0.3) is 5.92 Å². The van der Waals surface area contributed by atoms with Crippen molar-refractivity contribution in [3.8, 4) is 11.1 Å². The van der Waals surface area contributed by atoms with Gasteiger partial charge in [-0.05, 0) is 19.1 Å². The van der Waals surface area contributed by atoms with E-state index in [2.05, 4.69) is 25.4 Å². The molecule has 1 fully saturated rings. The lowest BCUT2D eigenvalue weighted by Gasteiger charge is -2.36. The number of ether oxygens (including phenoxy) is 1. The molecule has 1 N–H and O–H groups in total. The van der Waals surface area contributed by atoms with Gasteiger partial charge in [-0.2, -0.15) is 0 Å². The van der Waals surface area contributed by atoms with Crippen LogP contribution in [0.15, 0.2) is 30.7 Å². The van der Waals surface area contributed by atoms with E-state index < -0.39 is 5.92 Å². The van der Waals surface area contributed by atoms with Gasteiger partial charge in [-0.25, -0.2) is 28.2 Å². The average Bonchev–Trinajstić information content (AvgIpc) is 3.25. The van der Waals surface area contributed by atoms with Crippen molar-refractivity contribution < 1.29 is 13.5 Å². The van der Waals surface area contributed by atoms with Gasteiger partial charge in [-0.1, -0.05) is 0 Å². The molecule has 4 aromatic heterocycles. The maximum Gasteiger partial charge on any atom is 0.252 e. The van der Waals surface area contributed by atoms with Gasteiger partial charge in [-0.3, -0.25) is 0 Å². The Labute approximate surface area is 170 Å². The van der Waals surface area contributed by atoms with Crippen LogP contribution in [-0.2, 0) is 4.74 Å². The van der Waals surface area contributed by atoms with E-state index in [1.807, 2.05) is 29.8 Å². The topological polar surface area (TPSA) is 82.2 Å². The fourth-order valence-electron chi connectivity index (χ4n) is 4.00. The SMILES string of the molecule is COCCNc1ncc2c(-c3cnc4nc(C)n(C5CC(F)(F)C5)c4c3)ccn2n1. The summed E-state index contributed by atoms with van der Waals surface area (Å²) in [6.07, 6.45) is 5.02. The van der Waals surface area contributed by atoms with Crippen molar-refractivity contribution >= 4 is 22.6 Å². The van der Waals surface area contributed by atoms with Crippen LogP contribution in [0.3, 0.4) is 0 Å². The molecule has 0 unspecified atom stereocenters. The van der Waals surface area contributed by atoms with Crippen molar-refractivity contribution in [1.82, 2.24) is 29.1 Å². The third-order valence-corrected chi connectivity index (χ3v) is 5.47. The highest BCUT2D eigenvalue weighted by atomic mass is 19.3. The molecule has 0 saturated heterocycles. The highest BCUT2D eigenvalue weighted by Gasteiger charge is 2.47. The third-order valence-electron chi connectivity index (χ3n) is 5.47. The normalized spacial score (nSPS) is 16.3. The van der Waals surface area contributed by atoms with E-state index in [9.17, 15) is 8.78 Å². The van der Waals surface area contributed by atoms with E-state index in [1.54, 1.807) is 24.0 Å². The highest BCUT2D eigenvalue weighted by molar-refractivity contribution is 5.85. The molecule has 8 nitrogen and oxygen atoms in total. The first-order valence-electron chi connectivity index (χ1n) is 9.75. The summed E-state index contributed by atoms with van der Waals surface area (Å²) in [5.41, 5.74) is 3.93. The van der Waals surface area contributed by atoms with Gasteiger partial charge < -0.3 is 14.6 Å². The second kappa shape index (κ2) is 6.98. The van der Waals surface area contributed by atoms with Crippen LogP contribution in [0.25, 0.3) is 27.8 Å². The van der Waals surface area contributed by atoms with Gasteiger partial charge in [0.05, 0.1) is 23.8 Å². The first-order valence-corrected chi connectivity index (χ1v) is 9.75. The Morgan fingerprint density at radius 1 is 1.23 bits per heavy atom. The molecule has 10 heteroatoms. The van der Waals surface area contributed by atoms with Crippen LogP contribution >= 0.6 is 0 Å². The predicted octanol–water partition coefficient (Wildman–Crippen LogP) is 3.48. The molecular weight excluding hydrogens is 392 g/mol. The number of alkyl halides is 2. The van der Waals surface area contributed by atoms with Crippen molar-refractivity contribution in [3.63, 3.8) is 0 Å². The molecule has 1 saturated carbocycles. The van der Waals surface area contributed by atoms with Crippen LogP contribution in [-0.4, -0.2) is 55.3 Å². The van der Waals surface area contributed by atoms with Crippen molar-refractivity contribution in [2.45, 2.75) is 31.7 Å². The quantitative estimate of drug-likeness (QED) is 0.488. The maximum atomic E-state index is 13.4. The molecule has 0 radical (unpaired) electrons. The van der Waals surface area contributed by atoms with E-state index >= 15 is 0 Å². The van der Waals surface area contributed by atoms with Gasteiger partial charge in [0.15, 0.2) is 5.65 Å². The summed E-state index contributed by atoms with van der Waals surface area (Å²) in [5.74, 6) is -1.38. The molecule has 5 rings (SSSR count). The summed E-state index contributed by atoms with van der Waals surface area (Å²) in [5, 5.41) is 7.56. The first-order chi connectivity index (χ1) is 14.4. The molecule has 4 heterocycles. The lowest BCUT2D eigenvalue weighted by molar-refractivity contribution is -0.103. The third kappa shape index (κ3) is 3.17. The number of imidazole rings is 1. The molecule has 0 atom stereocenters. The molecule has 0 bridgehead atoms. The van der Waals surface area contributed by atoms with E-state index in [0.29, 0.717) is 30.6 Å². The minimum Gasteiger partial charge on any atom is -0.383 e. The summed E-state index contributed by atoms with van der Waals surface area (Å²) in [6.45, 7) is 3.00. The number of methoxy groups -OCH3 is 1. The second-order valence-electron chi connectivity index (χ2n) is 7.57. The summed E-state index contributed by atoms with van der Waals surface area (Å²) < 4.78 is 35.5. The van der Waals surface area contributed by atoms with E-state index in [-0.39, 0.29) is 18.9 Å². The number of hydrogen-bond acceptors (Lipinski definition) is 6. The van der Waals surface area contributed by atoms with Crippen LogP contribution in [0.2, 0.25) is 0 Å². The summed E-state index contributed by atoms with van der Waals surface area (Å²) >= 11 is 0. The largest absolute Gasteiger partial charge is 0.383 e. The Morgan fingerprint density at radius 3 is 2.83 bits per heavy atom. The molecular formula is C20H21F2N7O. The number of nitrogens with one attached hydrogen (secondary N) is 1. The molecule has 4 aromatic rings. The van der Waals surface area contributed by atoms with Crippen molar-refractivity contribution in [2.75, 3.05) is 25.6 Å². The second-order valence-corrected chi connectivity index (χ2v) is 7.57. The van der Waals surface area contributed by atoms with Crippen molar-refractivity contribution in [1.29, 1.82) is 0 Å². The average molecular weight is 413 g/mol. The van der Waals surface area contributed by atoms with Crippen LogP contribution < -0.4 is 5.32 Å². The molecule has 30 heavy (non-hydrogen) atoms. The number of aryl methyl sites for hydroxylation is 1. The maximum absolute atomic E-state index is 13.4. The summed E-state index contributed by atoms with van der Waals surface area (Å²) in [7, 11) is 1.64. The Bertz CT molecular complexity index is 1220. The van der Waals surface area contributed by atoms with Gasteiger partial charge in [0.2, 0.25) is 5.95 Å². The Balaban J connectivity index is 1.51. The van der Waals surface area contributed by atoms with Gasteiger partial charge in [0, 0.05) is 56.1 Å². The fourth-order valence-corrected chi connectivity index (χ4v) is 4.00. The fraction of sp³-hybridized carbons (Fsp3) is 0.400. The first kappa shape index (κ1) is 18.9. The Hall–Kier alpha value is -3.14. The smallest absolute Gasteiger partial charge is 0.252 e. The standard InChI is InChI=1S/C20H21F2N7O/c1-12-26-18-16(29(12)14-8-20(21,22)9-14)7-13(10-24-18)15-3-5-28-17(15)11-25-19(27-28)23-4-6-30-2/h3,5,7,10-11,14H,4,6,8-9H2,1-2H3,(H,23,27). The van der Waals surface area contributed by atoms with Gasteiger partial charge in [-0.15, -0.1) is 5.10 Å². The van der Waals surface area contributed by atoms with E-state index in [1.165, 1.54) is 0 Å². The number of halogens is 2. The number of nitrogens with zero attached hydrogens (tertiary/aromatic N) is 6. The van der Waals surface area contributed by atoms with E-state index in [4.69, 9.17) is 4.74 Å². The minimum absolute atomic E-state index is 0.161. The summed E-state index contributed by atoms with van der Waals surface area (Å²) in [6, 6.07) is 3.65. The number of hydrogen-bond donors (Lipinski definition) is 1. The molecule has 1 aliphatic carbocycles. The van der Waals surface area contributed by atoms with Crippen LogP contribution in [0, 0.1) is 6.92 Å². The zero-order valence-electron chi connectivity index (χ0n) is 16.6. The van der Waals surface area contributed by atoms with Gasteiger partial charge >= 0.3 is 0 Å². The number of anilines is 1. The summed E-state index contributed by atoms with van der Waals surface area (Å²) in [4.78, 5) is 13.3. The zero-order valence-corrected chi connectivity index (χ0v) is 16.6. The van der Waals surface area contributed by atoms with Crippen LogP contribution in [0.4, 0.5) is 14.7 Å². The molecule has 0 amide bonds. The molecule has 0 spiro atoms. The predicted molar refractivity (Wildman–Crippen MR) is 108 cm³/mol. The monoisotopic (exact) mass is 413 g/mol. The zero-order chi connectivity index (χ0) is 20.9. The Kier molecular flexibility index (Phi) is 4.39. The number of aromatic nitrogens is 6. The molecule has 156 valence electrons. The van der Waals surface area contributed by atoms with Crippen LogP contribution in [0.1, 0.15) is 24.7 Å².